The number of hydrogen-bond acceptors (Lipinski definition) is 7. The van der Waals surface area contributed by atoms with E-state index in [9.17, 15) is 19.2 Å². The number of aromatic nitrogens is 2. The first-order valence-corrected chi connectivity index (χ1v) is 16.0. The Hall–Kier alpha value is -2.04. The molecule has 10 heteroatoms. The van der Waals surface area contributed by atoms with Crippen LogP contribution in [0.4, 0.5) is 0 Å². The lowest BCUT2D eigenvalue weighted by Crippen LogP contribution is -2.52. The number of carbonyl (C=O) groups excluding carboxylic acids is 2. The molecule has 0 bridgehead atoms. The molecule has 2 heterocycles. The Kier molecular flexibility index (Phi) is 10.1. The number of unbranched alkanes of at least 4 members (excludes halogenated alkanes) is 1. The molecular weight excluding hydrogens is 480 g/mol. The quantitative estimate of drug-likeness (QED) is 0.317. The molecular formula is C26H44N2O7Si. The highest BCUT2D eigenvalue weighted by atomic mass is 28.4. The van der Waals surface area contributed by atoms with Gasteiger partial charge < -0.3 is 13.9 Å². The first-order valence-electron chi connectivity index (χ1n) is 13.1. The average molecular weight is 525 g/mol. The summed E-state index contributed by atoms with van der Waals surface area (Å²) in [6.45, 7) is 16.3. The smallest absolute Gasteiger partial charge is 0.330 e. The van der Waals surface area contributed by atoms with E-state index < -0.39 is 49.6 Å². The highest BCUT2D eigenvalue weighted by Crippen LogP contribution is 2.48. The second-order valence-electron chi connectivity index (χ2n) is 11.2. The van der Waals surface area contributed by atoms with Crippen LogP contribution in [0.25, 0.3) is 0 Å². The van der Waals surface area contributed by atoms with Crippen LogP contribution in [-0.4, -0.2) is 47.4 Å². The SMILES string of the molecule is CCCC[C@]1(CC)O[C@@H](n2ccc(=O)[nH]c2=O)[C@@H](O[Si](C)(C)C(C)(C)C)C1OC(=O)CCC(=O)CC. The van der Waals surface area contributed by atoms with Gasteiger partial charge >= 0.3 is 11.7 Å². The molecule has 0 saturated carbocycles. The summed E-state index contributed by atoms with van der Waals surface area (Å²) in [5.74, 6) is -0.493. The van der Waals surface area contributed by atoms with Gasteiger partial charge in [0.2, 0.25) is 0 Å². The van der Waals surface area contributed by atoms with Gasteiger partial charge in [0.05, 0.1) is 6.42 Å². The Morgan fingerprint density at radius 3 is 2.36 bits per heavy atom. The van der Waals surface area contributed by atoms with Gasteiger partial charge in [-0.25, -0.2) is 4.79 Å². The standard InChI is InChI=1S/C26H44N2O7Si/c1-9-12-16-26(11-3)22(33-20(31)14-13-18(29)10-2)21(35-36(7,8)25(4,5)6)23(34-26)28-17-15-19(30)27-24(28)32/h15,17,21-23H,9-14,16H2,1-8H3,(H,27,30,32)/t21-,22?,23+,26-/m0/s1. The van der Waals surface area contributed by atoms with Gasteiger partial charge in [0.25, 0.3) is 5.56 Å². The fourth-order valence-electron chi connectivity index (χ4n) is 4.23. The molecule has 36 heavy (non-hydrogen) atoms. The Bertz CT molecular complexity index is 1030. The number of esters is 1. The monoisotopic (exact) mass is 524 g/mol. The topological polar surface area (TPSA) is 117 Å². The van der Waals surface area contributed by atoms with Crippen LogP contribution in [0.5, 0.6) is 0 Å². The fraction of sp³-hybridized carbons (Fsp3) is 0.769. The van der Waals surface area contributed by atoms with Crippen molar-refractivity contribution in [2.75, 3.05) is 0 Å². The Morgan fingerprint density at radius 2 is 1.83 bits per heavy atom. The molecule has 1 aliphatic heterocycles. The van der Waals surface area contributed by atoms with Crippen molar-refractivity contribution < 1.29 is 23.5 Å². The summed E-state index contributed by atoms with van der Waals surface area (Å²) in [7, 11) is -2.43. The molecule has 0 spiro atoms. The molecule has 0 radical (unpaired) electrons. The third kappa shape index (κ3) is 6.83. The number of H-pyrrole nitrogens is 1. The zero-order chi connectivity index (χ0) is 27.3. The van der Waals surface area contributed by atoms with Crippen LogP contribution in [0.1, 0.15) is 92.7 Å². The summed E-state index contributed by atoms with van der Waals surface area (Å²) in [4.78, 5) is 51.7. The van der Waals surface area contributed by atoms with E-state index in [1.54, 1.807) is 6.92 Å². The van der Waals surface area contributed by atoms with E-state index in [0.717, 1.165) is 12.8 Å². The van der Waals surface area contributed by atoms with Crippen molar-refractivity contribution >= 4 is 20.1 Å². The molecule has 1 N–H and O–H groups in total. The molecule has 4 atom stereocenters. The van der Waals surface area contributed by atoms with Gasteiger partial charge in [-0.3, -0.25) is 23.9 Å². The van der Waals surface area contributed by atoms with E-state index in [1.807, 2.05) is 6.92 Å². The number of nitrogens with zero attached hydrogens (tertiary/aromatic N) is 1. The molecule has 2 rings (SSSR count). The minimum Gasteiger partial charge on any atom is -0.456 e. The van der Waals surface area contributed by atoms with Gasteiger partial charge in [-0.1, -0.05) is 54.4 Å². The van der Waals surface area contributed by atoms with Crippen molar-refractivity contribution in [1.82, 2.24) is 9.55 Å². The Morgan fingerprint density at radius 1 is 1.17 bits per heavy atom. The minimum absolute atomic E-state index is 0.00546. The van der Waals surface area contributed by atoms with E-state index in [2.05, 4.69) is 45.8 Å². The Labute approximate surface area is 215 Å². The van der Waals surface area contributed by atoms with Crippen molar-refractivity contribution in [1.29, 1.82) is 0 Å². The summed E-state index contributed by atoms with van der Waals surface area (Å²) < 4.78 is 20.9. The average Bonchev–Trinajstić information content (AvgIpc) is 3.08. The molecule has 1 aromatic rings. The zero-order valence-corrected chi connectivity index (χ0v) is 24.1. The largest absolute Gasteiger partial charge is 0.456 e. The van der Waals surface area contributed by atoms with Gasteiger partial charge in [-0.15, -0.1) is 0 Å². The third-order valence-electron chi connectivity index (χ3n) is 7.63. The molecule has 9 nitrogen and oxygen atoms in total. The predicted octanol–water partition coefficient (Wildman–Crippen LogP) is 4.47. The van der Waals surface area contributed by atoms with Crippen LogP contribution < -0.4 is 11.2 Å². The molecule has 0 aliphatic carbocycles. The number of ether oxygens (including phenoxy) is 2. The van der Waals surface area contributed by atoms with E-state index >= 15 is 0 Å². The normalized spacial score (nSPS) is 24.6. The molecule has 1 unspecified atom stereocenters. The number of aromatic amines is 1. The number of ketones is 1. The molecule has 1 aromatic heterocycles. The van der Waals surface area contributed by atoms with Crippen molar-refractivity contribution in [3.63, 3.8) is 0 Å². The molecule has 204 valence electrons. The van der Waals surface area contributed by atoms with Crippen molar-refractivity contribution in [3.8, 4) is 0 Å². The lowest BCUT2D eigenvalue weighted by molar-refractivity contribution is -0.166. The van der Waals surface area contributed by atoms with Gasteiger partial charge in [0.15, 0.2) is 20.6 Å². The predicted molar refractivity (Wildman–Crippen MR) is 140 cm³/mol. The minimum atomic E-state index is -2.43. The maximum Gasteiger partial charge on any atom is 0.330 e. The maximum absolute atomic E-state index is 13.0. The summed E-state index contributed by atoms with van der Waals surface area (Å²) in [6.07, 6.45) is 2.30. The summed E-state index contributed by atoms with van der Waals surface area (Å²) in [5, 5.41) is -0.156. The zero-order valence-electron chi connectivity index (χ0n) is 23.1. The van der Waals surface area contributed by atoms with Crippen molar-refractivity contribution in [3.05, 3.63) is 33.1 Å². The van der Waals surface area contributed by atoms with E-state index in [1.165, 1.54) is 16.8 Å². The number of nitrogens with one attached hydrogen (secondary N) is 1. The van der Waals surface area contributed by atoms with Gasteiger partial charge in [-0.05, 0) is 31.0 Å². The van der Waals surface area contributed by atoms with Gasteiger partial charge in [-0.2, -0.15) is 0 Å². The van der Waals surface area contributed by atoms with E-state index in [0.29, 0.717) is 19.3 Å². The highest BCUT2D eigenvalue weighted by molar-refractivity contribution is 6.74. The maximum atomic E-state index is 13.0. The molecule has 0 aromatic carbocycles. The second kappa shape index (κ2) is 12.0. The third-order valence-corrected chi connectivity index (χ3v) is 12.1. The van der Waals surface area contributed by atoms with Gasteiger partial charge in [0, 0.05) is 25.1 Å². The van der Waals surface area contributed by atoms with Crippen molar-refractivity contribution in [2.24, 2.45) is 0 Å². The molecule has 1 saturated heterocycles. The van der Waals surface area contributed by atoms with Crippen LogP contribution in [0.15, 0.2) is 21.9 Å². The lowest BCUT2D eigenvalue weighted by Gasteiger charge is -2.41. The van der Waals surface area contributed by atoms with Crippen LogP contribution in [-0.2, 0) is 23.5 Å². The molecule has 0 amide bonds. The summed E-state index contributed by atoms with van der Waals surface area (Å²) in [5.41, 5.74) is -2.00. The number of hydrogen-bond donors (Lipinski definition) is 1. The summed E-state index contributed by atoms with van der Waals surface area (Å²) >= 11 is 0. The van der Waals surface area contributed by atoms with E-state index in [4.69, 9.17) is 13.9 Å². The second-order valence-corrected chi connectivity index (χ2v) is 15.9. The van der Waals surface area contributed by atoms with Gasteiger partial charge in [0.1, 0.15) is 17.5 Å². The molecule has 1 fully saturated rings. The lowest BCUT2D eigenvalue weighted by atomic mass is 9.87. The fourth-order valence-corrected chi connectivity index (χ4v) is 5.51. The van der Waals surface area contributed by atoms with Crippen LogP contribution in [0, 0.1) is 0 Å². The van der Waals surface area contributed by atoms with Crippen LogP contribution in [0.3, 0.4) is 0 Å². The number of carbonyl (C=O) groups is 2. The van der Waals surface area contributed by atoms with Crippen molar-refractivity contribution in [2.45, 2.75) is 129 Å². The van der Waals surface area contributed by atoms with E-state index in [-0.39, 0.29) is 23.7 Å². The first kappa shape index (κ1) is 30.2. The summed E-state index contributed by atoms with van der Waals surface area (Å²) in [6, 6.07) is 1.27. The number of rotatable bonds is 12. The highest BCUT2D eigenvalue weighted by Gasteiger charge is 2.59. The van der Waals surface area contributed by atoms with Crippen LogP contribution in [0.2, 0.25) is 18.1 Å². The number of Topliss-reactive ketones (excluding diaryl/α,β-unsaturated/α-hetero) is 1. The molecule has 1 aliphatic rings. The first-order chi connectivity index (χ1) is 16.7. The van der Waals surface area contributed by atoms with Crippen LogP contribution >= 0.6 is 0 Å². The Balaban J connectivity index is 2.60.